The average molecular weight is 1120 g/mol. The molecule has 0 amide bonds. The van der Waals surface area contributed by atoms with E-state index in [1.807, 2.05) is 0 Å². The maximum absolute atomic E-state index is 2.78. The van der Waals surface area contributed by atoms with E-state index in [4.69, 9.17) is 0 Å². The summed E-state index contributed by atoms with van der Waals surface area (Å²) in [4.78, 5) is 5.24. The smallest absolute Gasteiger partial charge is 0.0503 e. The van der Waals surface area contributed by atoms with Gasteiger partial charge in [-0.25, -0.2) is 0 Å². The molecular weight excluding hydrogens is 1040 g/mol. The fraction of sp³-hybridized carbons (Fsp3) is 0.310. The second kappa shape index (κ2) is 17.6. The molecule has 2 fully saturated rings. The molecule has 0 spiro atoms. The molecule has 2 nitrogen and oxygen atoms in total. The molecule has 17 rings (SSSR count). The second-order valence-electron chi connectivity index (χ2n) is 30.9. The Balaban J connectivity index is 0.841. The molecule has 0 N–H and O–H groups in total. The highest BCUT2D eigenvalue weighted by Gasteiger charge is 2.52. The van der Waals surface area contributed by atoms with Gasteiger partial charge in [0.05, 0.1) is 5.69 Å². The minimum absolute atomic E-state index is 0.0461. The van der Waals surface area contributed by atoms with Crippen molar-refractivity contribution in [2.24, 2.45) is 11.8 Å². The molecule has 5 unspecified atom stereocenters. The molecule has 426 valence electrons. The third-order valence-corrected chi connectivity index (χ3v) is 23.0. The van der Waals surface area contributed by atoms with Crippen LogP contribution in [0.1, 0.15) is 188 Å². The number of hydrogen-bond acceptors (Lipinski definition) is 2. The summed E-state index contributed by atoms with van der Waals surface area (Å²) in [5.41, 5.74) is 34.3. The minimum atomic E-state index is -0.236. The van der Waals surface area contributed by atoms with Crippen LogP contribution in [0.3, 0.4) is 0 Å². The summed E-state index contributed by atoms with van der Waals surface area (Å²) >= 11 is 0. The van der Waals surface area contributed by atoms with Crippen molar-refractivity contribution < 1.29 is 0 Å². The zero-order chi connectivity index (χ0) is 58.9. The predicted octanol–water partition coefficient (Wildman–Crippen LogP) is 23.1. The van der Waals surface area contributed by atoms with Crippen molar-refractivity contribution in [1.82, 2.24) is 0 Å². The fourth-order valence-corrected chi connectivity index (χ4v) is 18.7. The molecule has 0 radical (unpaired) electrons. The van der Waals surface area contributed by atoms with Crippen LogP contribution in [0.5, 0.6) is 0 Å². The molecule has 86 heavy (non-hydrogen) atoms. The van der Waals surface area contributed by atoms with E-state index in [-0.39, 0.29) is 27.1 Å². The van der Waals surface area contributed by atoms with Gasteiger partial charge < -0.3 is 9.80 Å². The van der Waals surface area contributed by atoms with E-state index in [1.165, 1.54) is 154 Å². The van der Waals surface area contributed by atoms with Crippen molar-refractivity contribution in [3.63, 3.8) is 0 Å². The van der Waals surface area contributed by atoms with Crippen molar-refractivity contribution in [3.8, 4) is 44.5 Å². The Morgan fingerprint density at radius 3 is 1.37 bits per heavy atom. The van der Waals surface area contributed by atoms with E-state index in [9.17, 15) is 0 Å². The topological polar surface area (TPSA) is 6.48 Å². The van der Waals surface area contributed by atoms with Gasteiger partial charge in [-0.15, -0.1) is 0 Å². The highest BCUT2D eigenvalue weighted by molar-refractivity contribution is 6.03. The van der Waals surface area contributed by atoms with E-state index < -0.39 is 0 Å². The maximum atomic E-state index is 2.78. The third kappa shape index (κ3) is 7.25. The first-order valence-corrected chi connectivity index (χ1v) is 32.4. The van der Waals surface area contributed by atoms with Crippen LogP contribution < -0.4 is 9.80 Å². The molecule has 2 saturated carbocycles. The first-order chi connectivity index (χ1) is 41.1. The van der Waals surface area contributed by atoms with Crippen LogP contribution in [-0.2, 0) is 27.1 Å². The van der Waals surface area contributed by atoms with Gasteiger partial charge in [0.1, 0.15) is 0 Å². The van der Waals surface area contributed by atoms with Gasteiger partial charge in [-0.3, -0.25) is 0 Å². The van der Waals surface area contributed by atoms with Gasteiger partial charge >= 0.3 is 0 Å². The Labute approximate surface area is 511 Å². The van der Waals surface area contributed by atoms with Crippen molar-refractivity contribution >= 4 is 44.9 Å². The van der Waals surface area contributed by atoms with Crippen molar-refractivity contribution in [2.75, 3.05) is 9.80 Å². The summed E-state index contributed by atoms with van der Waals surface area (Å²) in [6.07, 6.45) is 5.14. The largest absolute Gasteiger partial charge is 0.310 e. The molecule has 0 heterocycles. The van der Waals surface area contributed by atoms with Crippen LogP contribution in [0, 0.1) is 11.8 Å². The molecule has 7 aliphatic carbocycles. The summed E-state index contributed by atoms with van der Waals surface area (Å²) in [6, 6.07) is 74.9. The molecule has 10 aromatic carbocycles. The normalized spacial score (nSPS) is 21.2. The third-order valence-electron chi connectivity index (χ3n) is 23.0. The summed E-state index contributed by atoms with van der Waals surface area (Å²) in [7, 11) is 0. The summed E-state index contributed by atoms with van der Waals surface area (Å²) in [6.45, 7) is 28.7. The van der Waals surface area contributed by atoms with Gasteiger partial charge in [0.15, 0.2) is 0 Å². The molecule has 7 bridgehead atoms. The van der Waals surface area contributed by atoms with Gasteiger partial charge in [-0.2, -0.15) is 0 Å². The lowest BCUT2D eigenvalue weighted by molar-refractivity contribution is 0.131. The molecule has 0 saturated heterocycles. The first-order valence-electron chi connectivity index (χ1n) is 32.4. The maximum Gasteiger partial charge on any atom is 0.0503 e. The second-order valence-corrected chi connectivity index (χ2v) is 30.9. The van der Waals surface area contributed by atoms with Gasteiger partial charge in [-0.05, 0) is 255 Å². The first kappa shape index (κ1) is 52.4. The molecular formula is C84H80N2. The number of anilines is 6. The highest BCUT2D eigenvalue weighted by Crippen LogP contribution is 2.68. The number of nitrogens with zero attached hydrogens (tertiary/aromatic N) is 2. The zero-order valence-corrected chi connectivity index (χ0v) is 52.5. The van der Waals surface area contributed by atoms with Crippen LogP contribution in [0.15, 0.2) is 188 Å². The van der Waals surface area contributed by atoms with E-state index in [0.29, 0.717) is 23.7 Å². The Morgan fingerprint density at radius 1 is 0.360 bits per heavy atom. The Hall–Kier alpha value is -7.94. The molecule has 2 heteroatoms. The van der Waals surface area contributed by atoms with Crippen LogP contribution >= 0.6 is 0 Å². The van der Waals surface area contributed by atoms with Gasteiger partial charge in [-0.1, -0.05) is 198 Å². The van der Waals surface area contributed by atoms with Crippen molar-refractivity contribution in [2.45, 2.75) is 154 Å². The standard InChI is InChI=1S/C84H80N2/c1-80(2,3)52-23-27-54(28-24-52)85(56-31-35-61-59-17-13-15-19-69(59)82(7,8)71(61)43-56)57-32-37-63-67-46-65-64-34-21-49-22-38-75(79-77-51-40-48(39-50(42-51)76(64)78(49)79)41-68(77)66(65)47-74(67)84(11,12)73(63)44-57)86(55-29-25-53(26-30-55)81(4,5)6)58-33-36-62-60-18-14-16-20-70(60)83(9,10)72(62)45-58/h13-38,43-48,50-51,68,77H,39-42H2,1-12H3. The summed E-state index contributed by atoms with van der Waals surface area (Å²) in [5, 5.41) is 2.96. The average Bonchev–Trinajstić information content (AvgIpc) is 1.46. The number of rotatable bonds is 6. The lowest BCUT2D eigenvalue weighted by Gasteiger charge is -2.47. The lowest BCUT2D eigenvalue weighted by Crippen LogP contribution is -2.34. The fourth-order valence-electron chi connectivity index (χ4n) is 18.7. The van der Waals surface area contributed by atoms with Crippen LogP contribution in [-0.4, -0.2) is 0 Å². The Kier molecular flexibility index (Phi) is 10.7. The Bertz CT molecular complexity index is 4550. The molecule has 10 aromatic rings. The Morgan fingerprint density at radius 2 is 0.814 bits per heavy atom. The summed E-state index contributed by atoms with van der Waals surface area (Å²) < 4.78 is 0. The van der Waals surface area contributed by atoms with Gasteiger partial charge in [0.2, 0.25) is 0 Å². The van der Waals surface area contributed by atoms with E-state index in [0.717, 1.165) is 5.92 Å². The SMILES string of the molecule is CC(C)(C)c1ccc(N(c2ccc3c(c2)C(C)(C)c2ccccc2-3)c2ccc3c(c2)C(C)(C)c2cc4c(cc2-3)-c2ccc3ccc(N(c5ccc(C(C)(C)C)cc5)c5ccc6c(c5)C(C)(C)c5ccccc5-6)c5c3c2C2CC3CC(C2)C5C4C3)cc1. The van der Waals surface area contributed by atoms with Crippen molar-refractivity contribution in [1.29, 1.82) is 0 Å². The minimum Gasteiger partial charge on any atom is -0.310 e. The number of benzene rings is 10. The molecule has 7 aliphatic rings. The van der Waals surface area contributed by atoms with Crippen LogP contribution in [0.2, 0.25) is 0 Å². The van der Waals surface area contributed by atoms with E-state index in [1.54, 1.807) is 22.1 Å². The predicted molar refractivity (Wildman–Crippen MR) is 363 cm³/mol. The highest BCUT2D eigenvalue weighted by atomic mass is 15.2. The number of hydrogen-bond donors (Lipinski definition) is 0. The molecule has 0 aromatic heterocycles. The van der Waals surface area contributed by atoms with Gasteiger partial charge in [0.25, 0.3) is 0 Å². The number of fused-ring (bicyclic) bond motifs is 14. The van der Waals surface area contributed by atoms with Crippen molar-refractivity contribution in [3.05, 3.63) is 249 Å². The monoisotopic (exact) mass is 1120 g/mol. The van der Waals surface area contributed by atoms with Gasteiger partial charge in [0, 0.05) is 44.7 Å². The van der Waals surface area contributed by atoms with E-state index in [2.05, 4.69) is 281 Å². The molecule has 0 aliphatic heterocycles. The lowest BCUT2D eigenvalue weighted by atomic mass is 9.57. The van der Waals surface area contributed by atoms with E-state index >= 15 is 0 Å². The quantitative estimate of drug-likeness (QED) is 0.164. The van der Waals surface area contributed by atoms with Crippen LogP contribution in [0.25, 0.3) is 55.3 Å². The zero-order valence-electron chi connectivity index (χ0n) is 52.5. The van der Waals surface area contributed by atoms with Crippen LogP contribution in [0.4, 0.5) is 34.1 Å². The molecule has 5 atom stereocenters. The summed E-state index contributed by atoms with van der Waals surface area (Å²) in [5.74, 6) is 2.63.